The molecule has 4 rings (SSSR count). The number of aliphatic hydroxyl groups is 1. The van der Waals surface area contributed by atoms with Crippen LogP contribution >= 0.6 is 0 Å². The van der Waals surface area contributed by atoms with Crippen molar-refractivity contribution in [2.75, 3.05) is 6.61 Å². The maximum atomic E-state index is 9.41. The smallest absolute Gasteiger partial charge is 0.0999 e. The molecule has 0 amide bonds. The van der Waals surface area contributed by atoms with Crippen molar-refractivity contribution in [2.45, 2.75) is 52.1 Å². The van der Waals surface area contributed by atoms with Gasteiger partial charge in [-0.15, -0.1) is 6.58 Å². The van der Waals surface area contributed by atoms with E-state index in [1.807, 2.05) is 40.8 Å². The summed E-state index contributed by atoms with van der Waals surface area (Å²) in [5, 5.41) is 22.9. The number of hydrogen-bond acceptors (Lipinski definition) is 5. The summed E-state index contributed by atoms with van der Waals surface area (Å²) in [5.41, 5.74) is 5.55. The Labute approximate surface area is 181 Å². The number of aromatic nitrogens is 7. The molecule has 0 aliphatic rings. The third-order valence-corrected chi connectivity index (χ3v) is 5.63. The Bertz CT molecular complexity index is 1190. The van der Waals surface area contributed by atoms with Crippen molar-refractivity contribution in [3.63, 3.8) is 0 Å². The molecule has 0 bridgehead atoms. The summed E-state index contributed by atoms with van der Waals surface area (Å²) in [7, 11) is 0. The zero-order chi connectivity index (χ0) is 22.0. The standard InChI is InChI=1S/C23H29N7O/c1-5-20(7-6-16(2)3)29-13-19(11-26-29)23-22-8-9-24-30(22)14-21(27-23)18-10-25-28(12-18)17(4)15-31/h8-14,17,20,31H,2,5-7,15H2,1,3-4H3. The van der Waals surface area contributed by atoms with Gasteiger partial charge in [-0.25, -0.2) is 9.50 Å². The molecule has 4 aromatic rings. The van der Waals surface area contributed by atoms with E-state index in [0.29, 0.717) is 6.04 Å². The Morgan fingerprint density at radius 3 is 2.58 bits per heavy atom. The summed E-state index contributed by atoms with van der Waals surface area (Å²) >= 11 is 0. The monoisotopic (exact) mass is 419 g/mol. The van der Waals surface area contributed by atoms with Gasteiger partial charge >= 0.3 is 0 Å². The molecule has 0 aromatic carbocycles. The minimum atomic E-state index is -0.0925. The van der Waals surface area contributed by atoms with E-state index >= 15 is 0 Å². The lowest BCUT2D eigenvalue weighted by atomic mass is 10.1. The molecule has 0 aliphatic heterocycles. The van der Waals surface area contributed by atoms with E-state index in [2.05, 4.69) is 41.9 Å². The minimum Gasteiger partial charge on any atom is -0.394 e. The van der Waals surface area contributed by atoms with Crippen LogP contribution < -0.4 is 0 Å². The molecule has 4 heterocycles. The van der Waals surface area contributed by atoms with Gasteiger partial charge in [0.25, 0.3) is 0 Å². The topological polar surface area (TPSA) is 86.1 Å². The maximum Gasteiger partial charge on any atom is 0.0999 e. The molecule has 8 nitrogen and oxygen atoms in total. The lowest BCUT2D eigenvalue weighted by Crippen LogP contribution is -2.09. The predicted octanol–water partition coefficient (Wildman–Crippen LogP) is 4.32. The van der Waals surface area contributed by atoms with Crippen LogP contribution in [0.3, 0.4) is 0 Å². The van der Waals surface area contributed by atoms with Crippen molar-refractivity contribution < 1.29 is 5.11 Å². The highest BCUT2D eigenvalue weighted by atomic mass is 16.3. The molecule has 2 atom stereocenters. The van der Waals surface area contributed by atoms with Gasteiger partial charge in [0.1, 0.15) is 0 Å². The number of nitrogens with zero attached hydrogens (tertiary/aromatic N) is 7. The summed E-state index contributed by atoms with van der Waals surface area (Å²) in [6.07, 6.45) is 14.3. The van der Waals surface area contributed by atoms with Crippen LogP contribution in [-0.4, -0.2) is 45.9 Å². The average molecular weight is 420 g/mol. The van der Waals surface area contributed by atoms with Gasteiger partial charge in [0.2, 0.25) is 0 Å². The Morgan fingerprint density at radius 1 is 1.10 bits per heavy atom. The van der Waals surface area contributed by atoms with Crippen molar-refractivity contribution in [1.82, 2.24) is 34.2 Å². The highest BCUT2D eigenvalue weighted by molar-refractivity contribution is 5.78. The predicted molar refractivity (Wildman–Crippen MR) is 121 cm³/mol. The van der Waals surface area contributed by atoms with Crippen LogP contribution in [0.25, 0.3) is 28.0 Å². The lowest BCUT2D eigenvalue weighted by Gasteiger charge is -2.15. The van der Waals surface area contributed by atoms with Gasteiger partial charge in [0.05, 0.1) is 60.4 Å². The largest absolute Gasteiger partial charge is 0.394 e. The first kappa shape index (κ1) is 21.0. The molecule has 0 fully saturated rings. The molecule has 8 heteroatoms. The van der Waals surface area contributed by atoms with E-state index < -0.39 is 0 Å². The quantitative estimate of drug-likeness (QED) is 0.408. The second kappa shape index (κ2) is 8.85. The van der Waals surface area contributed by atoms with E-state index in [1.54, 1.807) is 17.1 Å². The minimum absolute atomic E-state index is 0.0289. The summed E-state index contributed by atoms with van der Waals surface area (Å²) in [6, 6.07) is 2.19. The van der Waals surface area contributed by atoms with Crippen LogP contribution in [0.4, 0.5) is 0 Å². The molecular formula is C23H29N7O. The normalized spacial score (nSPS) is 13.5. The molecule has 0 aliphatic carbocycles. The van der Waals surface area contributed by atoms with Crippen LogP contribution in [0.5, 0.6) is 0 Å². The van der Waals surface area contributed by atoms with Crippen molar-refractivity contribution in [1.29, 1.82) is 0 Å². The Balaban J connectivity index is 1.71. The van der Waals surface area contributed by atoms with Crippen LogP contribution in [0, 0.1) is 0 Å². The summed E-state index contributed by atoms with van der Waals surface area (Å²) in [5.74, 6) is 0. The first-order chi connectivity index (χ1) is 15.0. The van der Waals surface area contributed by atoms with Gasteiger partial charge in [-0.3, -0.25) is 9.36 Å². The fraction of sp³-hybridized carbons (Fsp3) is 0.391. The van der Waals surface area contributed by atoms with Crippen molar-refractivity contribution >= 4 is 5.52 Å². The van der Waals surface area contributed by atoms with E-state index in [-0.39, 0.29) is 12.6 Å². The molecule has 1 N–H and O–H groups in total. The van der Waals surface area contributed by atoms with Crippen molar-refractivity contribution in [3.8, 4) is 22.5 Å². The summed E-state index contributed by atoms with van der Waals surface area (Å²) < 4.78 is 5.62. The highest BCUT2D eigenvalue weighted by Gasteiger charge is 2.16. The van der Waals surface area contributed by atoms with Crippen molar-refractivity contribution in [2.24, 2.45) is 0 Å². The first-order valence-electron chi connectivity index (χ1n) is 10.7. The molecule has 31 heavy (non-hydrogen) atoms. The van der Waals surface area contributed by atoms with Crippen molar-refractivity contribution in [3.05, 3.63) is 55.4 Å². The van der Waals surface area contributed by atoms with E-state index in [4.69, 9.17) is 4.98 Å². The molecule has 162 valence electrons. The van der Waals surface area contributed by atoms with Gasteiger partial charge in [-0.05, 0) is 39.2 Å². The lowest BCUT2D eigenvalue weighted by molar-refractivity contribution is 0.230. The average Bonchev–Trinajstić information content (AvgIpc) is 3.52. The zero-order valence-electron chi connectivity index (χ0n) is 18.3. The maximum absolute atomic E-state index is 9.41. The van der Waals surface area contributed by atoms with Gasteiger partial charge in [0.15, 0.2) is 0 Å². The molecule has 0 saturated heterocycles. The van der Waals surface area contributed by atoms with E-state index in [1.165, 1.54) is 5.57 Å². The summed E-state index contributed by atoms with van der Waals surface area (Å²) in [4.78, 5) is 4.94. The van der Waals surface area contributed by atoms with Crippen LogP contribution in [0.15, 0.2) is 55.4 Å². The second-order valence-electron chi connectivity index (χ2n) is 8.14. The number of hydrogen-bond donors (Lipinski definition) is 1. The number of allylic oxidation sites excluding steroid dienone is 1. The molecule has 4 aromatic heterocycles. The molecule has 0 spiro atoms. The molecule has 2 unspecified atom stereocenters. The van der Waals surface area contributed by atoms with Crippen LogP contribution in [0.1, 0.15) is 52.1 Å². The first-order valence-corrected chi connectivity index (χ1v) is 10.7. The third-order valence-electron chi connectivity index (χ3n) is 5.63. The molecule has 0 saturated carbocycles. The summed E-state index contributed by atoms with van der Waals surface area (Å²) in [6.45, 7) is 10.2. The van der Waals surface area contributed by atoms with Crippen LogP contribution in [-0.2, 0) is 0 Å². The molecular weight excluding hydrogens is 390 g/mol. The second-order valence-corrected chi connectivity index (χ2v) is 8.14. The fourth-order valence-electron chi connectivity index (χ4n) is 3.67. The van der Waals surface area contributed by atoms with Crippen LogP contribution in [0.2, 0.25) is 0 Å². The van der Waals surface area contributed by atoms with Gasteiger partial charge in [-0.2, -0.15) is 15.3 Å². The fourth-order valence-corrected chi connectivity index (χ4v) is 3.67. The van der Waals surface area contributed by atoms with E-state index in [9.17, 15) is 5.11 Å². The van der Waals surface area contributed by atoms with E-state index in [0.717, 1.165) is 47.3 Å². The Morgan fingerprint density at radius 2 is 1.84 bits per heavy atom. The van der Waals surface area contributed by atoms with Gasteiger partial charge in [-0.1, -0.05) is 12.5 Å². The Hall–Kier alpha value is -3.26. The molecule has 0 radical (unpaired) electrons. The third kappa shape index (κ3) is 4.29. The SMILES string of the molecule is C=C(C)CCC(CC)n1cc(-c2nc(-c3cnn(C(C)CO)c3)cn3nccc23)cn1. The number of rotatable bonds is 9. The highest BCUT2D eigenvalue weighted by Crippen LogP contribution is 2.28. The van der Waals surface area contributed by atoms with Gasteiger partial charge < -0.3 is 5.11 Å². The Kier molecular flexibility index (Phi) is 5.99. The number of fused-ring (bicyclic) bond motifs is 1. The number of aliphatic hydroxyl groups excluding tert-OH is 1. The van der Waals surface area contributed by atoms with Gasteiger partial charge in [0, 0.05) is 23.5 Å². The zero-order valence-corrected chi connectivity index (χ0v) is 18.3.